The van der Waals surface area contributed by atoms with Crippen molar-refractivity contribution in [1.82, 2.24) is 9.21 Å². The van der Waals surface area contributed by atoms with Gasteiger partial charge in [0.2, 0.25) is 15.9 Å². The summed E-state index contributed by atoms with van der Waals surface area (Å²) in [6, 6.07) is 9.00. The summed E-state index contributed by atoms with van der Waals surface area (Å²) in [4.78, 5) is 24.1. The number of rotatable bonds is 6. The summed E-state index contributed by atoms with van der Waals surface area (Å²) in [6.07, 6.45) is 0.0890. The van der Waals surface area contributed by atoms with Crippen LogP contribution in [0.2, 0.25) is 0 Å². The molecule has 1 aliphatic rings. The molecule has 0 bridgehead atoms. The number of non-ortho nitro benzene ring substituents is 1. The Bertz CT molecular complexity index is 1050. The van der Waals surface area contributed by atoms with Crippen LogP contribution in [-0.2, 0) is 21.2 Å². The third kappa shape index (κ3) is 4.57. The maximum absolute atomic E-state index is 13.0. The van der Waals surface area contributed by atoms with Crippen molar-refractivity contribution in [1.29, 1.82) is 0 Å². The number of halogens is 1. The molecular formula is C19H20FN3O6S. The van der Waals surface area contributed by atoms with Crippen LogP contribution in [0.4, 0.5) is 10.1 Å². The van der Waals surface area contributed by atoms with Crippen molar-refractivity contribution in [2.24, 2.45) is 0 Å². The number of carbonyl (C=O) groups excluding carboxylic acids is 1. The Morgan fingerprint density at radius 3 is 2.33 bits per heavy atom. The number of nitro benzene ring substituents is 1. The van der Waals surface area contributed by atoms with Crippen molar-refractivity contribution >= 4 is 21.6 Å². The predicted molar refractivity (Wildman–Crippen MR) is 105 cm³/mol. The number of carbonyl (C=O) groups is 1. The zero-order chi connectivity index (χ0) is 21.9. The maximum Gasteiger partial charge on any atom is 0.271 e. The molecule has 0 saturated carbocycles. The molecule has 0 N–H and O–H groups in total. The molecule has 30 heavy (non-hydrogen) atoms. The molecule has 1 heterocycles. The quantitative estimate of drug-likeness (QED) is 0.504. The molecule has 1 amide bonds. The highest BCUT2D eigenvalue weighted by Gasteiger charge is 2.33. The van der Waals surface area contributed by atoms with Crippen LogP contribution in [0.25, 0.3) is 0 Å². The maximum atomic E-state index is 13.0. The average molecular weight is 437 g/mol. The van der Waals surface area contributed by atoms with Gasteiger partial charge >= 0.3 is 0 Å². The van der Waals surface area contributed by atoms with Gasteiger partial charge in [-0.05, 0) is 23.8 Å². The number of ether oxygens (including phenoxy) is 1. The van der Waals surface area contributed by atoms with E-state index in [1.165, 1.54) is 47.8 Å². The second kappa shape index (κ2) is 8.76. The monoisotopic (exact) mass is 437 g/mol. The van der Waals surface area contributed by atoms with E-state index < -0.39 is 14.9 Å². The van der Waals surface area contributed by atoms with E-state index in [0.29, 0.717) is 5.56 Å². The summed E-state index contributed by atoms with van der Waals surface area (Å²) in [6.45, 7) is 0.444. The second-order valence-corrected chi connectivity index (χ2v) is 8.59. The molecular weight excluding hydrogens is 417 g/mol. The van der Waals surface area contributed by atoms with Gasteiger partial charge in [0.1, 0.15) is 16.5 Å². The lowest BCUT2D eigenvalue weighted by molar-refractivity contribution is -0.385. The molecule has 1 saturated heterocycles. The molecule has 0 radical (unpaired) electrons. The summed E-state index contributed by atoms with van der Waals surface area (Å²) in [5, 5.41) is 11.0. The Morgan fingerprint density at radius 1 is 1.13 bits per heavy atom. The average Bonchev–Trinajstić information content (AvgIpc) is 2.74. The molecule has 0 aromatic heterocycles. The van der Waals surface area contributed by atoms with Crippen LogP contribution >= 0.6 is 0 Å². The van der Waals surface area contributed by atoms with Crippen molar-refractivity contribution in [3.05, 3.63) is 64.0 Å². The largest absolute Gasteiger partial charge is 0.495 e. The fraction of sp³-hybridized carbons (Fsp3) is 0.316. The molecule has 2 aromatic rings. The first kappa shape index (κ1) is 21.7. The van der Waals surface area contributed by atoms with E-state index in [-0.39, 0.29) is 60.7 Å². The third-order valence-corrected chi connectivity index (χ3v) is 6.76. The second-order valence-electron chi connectivity index (χ2n) is 6.68. The van der Waals surface area contributed by atoms with E-state index in [9.17, 15) is 27.7 Å². The summed E-state index contributed by atoms with van der Waals surface area (Å²) < 4.78 is 45.3. The van der Waals surface area contributed by atoms with Gasteiger partial charge in [0, 0.05) is 38.3 Å². The molecule has 9 nitrogen and oxygen atoms in total. The van der Waals surface area contributed by atoms with E-state index in [1.807, 2.05) is 0 Å². The van der Waals surface area contributed by atoms with Gasteiger partial charge in [-0.1, -0.05) is 12.1 Å². The Balaban J connectivity index is 1.71. The highest BCUT2D eigenvalue weighted by Crippen LogP contribution is 2.31. The van der Waals surface area contributed by atoms with Gasteiger partial charge < -0.3 is 9.64 Å². The van der Waals surface area contributed by atoms with Gasteiger partial charge in [-0.25, -0.2) is 12.8 Å². The molecule has 0 unspecified atom stereocenters. The lowest BCUT2D eigenvalue weighted by Crippen LogP contribution is -2.50. The smallest absolute Gasteiger partial charge is 0.271 e. The van der Waals surface area contributed by atoms with E-state index in [2.05, 4.69) is 0 Å². The van der Waals surface area contributed by atoms with Crippen molar-refractivity contribution in [2.75, 3.05) is 33.3 Å². The minimum Gasteiger partial charge on any atom is -0.495 e. The van der Waals surface area contributed by atoms with Crippen LogP contribution in [0.1, 0.15) is 5.56 Å². The Kier molecular flexibility index (Phi) is 6.32. The summed E-state index contributed by atoms with van der Waals surface area (Å²) >= 11 is 0. The summed E-state index contributed by atoms with van der Waals surface area (Å²) in [5.41, 5.74) is 0.306. The van der Waals surface area contributed by atoms with E-state index in [4.69, 9.17) is 4.74 Å². The lowest BCUT2D eigenvalue weighted by atomic mass is 10.1. The predicted octanol–water partition coefficient (Wildman–Crippen LogP) is 1.82. The fourth-order valence-corrected chi connectivity index (χ4v) is 4.78. The number of amides is 1. The number of nitrogens with zero attached hydrogens (tertiary/aromatic N) is 3. The van der Waals surface area contributed by atoms with Gasteiger partial charge in [0.15, 0.2) is 0 Å². The standard InChI is InChI=1S/C19H20FN3O6S/c1-29-17-7-6-16(23(25)26)13-18(17)30(27,28)22-10-8-21(9-11-22)19(24)12-14-2-4-15(20)5-3-14/h2-7,13H,8-12H2,1H3. The molecule has 160 valence electrons. The molecule has 2 aromatic carbocycles. The molecule has 0 atom stereocenters. The molecule has 0 spiro atoms. The first-order valence-electron chi connectivity index (χ1n) is 9.07. The summed E-state index contributed by atoms with van der Waals surface area (Å²) in [5.74, 6) is -0.566. The molecule has 1 fully saturated rings. The van der Waals surface area contributed by atoms with Crippen LogP contribution in [-0.4, -0.2) is 61.7 Å². The van der Waals surface area contributed by atoms with E-state index in [1.54, 1.807) is 4.90 Å². The minimum atomic E-state index is -4.05. The Hall–Kier alpha value is -3.05. The zero-order valence-electron chi connectivity index (χ0n) is 16.2. The number of hydrogen-bond acceptors (Lipinski definition) is 6. The van der Waals surface area contributed by atoms with Crippen LogP contribution < -0.4 is 4.74 Å². The number of methoxy groups -OCH3 is 1. The number of sulfonamides is 1. The molecule has 3 rings (SSSR count). The topological polar surface area (TPSA) is 110 Å². The van der Waals surface area contributed by atoms with Crippen LogP contribution in [0.5, 0.6) is 5.75 Å². The minimum absolute atomic E-state index is 0.00964. The van der Waals surface area contributed by atoms with Gasteiger partial charge in [-0.3, -0.25) is 14.9 Å². The van der Waals surface area contributed by atoms with E-state index >= 15 is 0 Å². The van der Waals surface area contributed by atoms with Crippen LogP contribution in [0.15, 0.2) is 47.4 Å². The van der Waals surface area contributed by atoms with Gasteiger partial charge in [-0.2, -0.15) is 4.31 Å². The van der Waals surface area contributed by atoms with E-state index in [0.717, 1.165) is 6.07 Å². The number of benzene rings is 2. The normalized spacial score (nSPS) is 15.1. The highest BCUT2D eigenvalue weighted by molar-refractivity contribution is 7.89. The molecule has 1 aliphatic heterocycles. The van der Waals surface area contributed by atoms with Crippen molar-refractivity contribution in [3.63, 3.8) is 0 Å². The molecule has 0 aliphatic carbocycles. The molecule has 11 heteroatoms. The van der Waals surface area contributed by atoms with Gasteiger partial charge in [0.05, 0.1) is 18.5 Å². The Morgan fingerprint density at radius 2 is 1.77 bits per heavy atom. The lowest BCUT2D eigenvalue weighted by Gasteiger charge is -2.34. The number of hydrogen-bond donors (Lipinski definition) is 0. The van der Waals surface area contributed by atoms with Crippen LogP contribution in [0, 0.1) is 15.9 Å². The first-order valence-corrected chi connectivity index (χ1v) is 10.5. The third-order valence-electron chi connectivity index (χ3n) is 4.84. The highest BCUT2D eigenvalue weighted by atomic mass is 32.2. The SMILES string of the molecule is COc1ccc([N+](=O)[O-])cc1S(=O)(=O)N1CCN(C(=O)Cc2ccc(F)cc2)CC1. The van der Waals surface area contributed by atoms with Crippen LogP contribution in [0.3, 0.4) is 0 Å². The summed E-state index contributed by atoms with van der Waals surface area (Å²) in [7, 11) is -2.77. The van der Waals surface area contributed by atoms with Crippen molar-refractivity contribution < 1.29 is 27.3 Å². The Labute approximate surface area is 172 Å². The van der Waals surface area contributed by atoms with Crippen molar-refractivity contribution in [2.45, 2.75) is 11.3 Å². The fourth-order valence-electron chi connectivity index (χ4n) is 3.19. The zero-order valence-corrected chi connectivity index (χ0v) is 17.0. The van der Waals surface area contributed by atoms with Gasteiger partial charge in [-0.15, -0.1) is 0 Å². The number of piperazine rings is 1. The van der Waals surface area contributed by atoms with Gasteiger partial charge in [0.25, 0.3) is 5.69 Å². The first-order chi connectivity index (χ1) is 14.2. The number of nitro groups is 1. The van der Waals surface area contributed by atoms with Crippen molar-refractivity contribution in [3.8, 4) is 5.75 Å².